The third-order valence-electron chi connectivity index (χ3n) is 3.43. The lowest BCUT2D eigenvalue weighted by atomic mass is 10.2. The Morgan fingerprint density at radius 3 is 2.57 bits per heavy atom. The number of carbonyl (C=O) groups excluding carboxylic acids is 1. The van der Waals surface area contributed by atoms with Gasteiger partial charge in [-0.15, -0.1) is 0 Å². The molecule has 21 heavy (non-hydrogen) atoms. The summed E-state index contributed by atoms with van der Waals surface area (Å²) in [5.41, 5.74) is 0.165. The van der Waals surface area contributed by atoms with Crippen LogP contribution in [0, 0.1) is 10.1 Å². The van der Waals surface area contributed by atoms with Crippen molar-refractivity contribution < 1.29 is 28.7 Å². The number of benzene rings is 1. The average molecular weight is 295 g/mol. The molecule has 8 heteroatoms. The van der Waals surface area contributed by atoms with E-state index in [1.807, 2.05) is 0 Å². The monoisotopic (exact) mass is 295 g/mol. The maximum absolute atomic E-state index is 11.8. The summed E-state index contributed by atoms with van der Waals surface area (Å²) < 4.78 is 21.0. The maximum Gasteiger partial charge on any atom is 0.338 e. The maximum atomic E-state index is 11.8. The van der Waals surface area contributed by atoms with Crippen LogP contribution in [0.1, 0.15) is 10.4 Å². The molecule has 0 aromatic heterocycles. The van der Waals surface area contributed by atoms with Crippen LogP contribution >= 0.6 is 0 Å². The van der Waals surface area contributed by atoms with Gasteiger partial charge in [0.05, 0.1) is 10.5 Å². The number of nitro benzene ring substituents is 1. The Kier molecular flexibility index (Phi) is 3.58. The topological polar surface area (TPSA) is 100 Å². The minimum atomic E-state index is -0.563. The molecule has 8 nitrogen and oxygen atoms in total. The van der Waals surface area contributed by atoms with E-state index in [9.17, 15) is 14.9 Å². The standard InChI is InChI=1S/C13H13NO7/c1-18-13-11-10(21-11)9(20-13)6-19-12(15)7-2-4-8(5-3-7)14(16)17/h2-5,9-11,13H,6H2,1H3/t9-,10-,11-,13+/m0/s1. The summed E-state index contributed by atoms with van der Waals surface area (Å²) in [4.78, 5) is 21.8. The molecule has 0 radical (unpaired) electrons. The summed E-state index contributed by atoms with van der Waals surface area (Å²) in [6.45, 7) is 0.0524. The Bertz CT molecular complexity index is 558. The summed E-state index contributed by atoms with van der Waals surface area (Å²) >= 11 is 0. The van der Waals surface area contributed by atoms with E-state index in [0.717, 1.165) is 0 Å². The predicted molar refractivity (Wildman–Crippen MR) is 67.7 cm³/mol. The van der Waals surface area contributed by atoms with E-state index in [-0.39, 0.29) is 36.2 Å². The smallest absolute Gasteiger partial charge is 0.338 e. The van der Waals surface area contributed by atoms with Crippen molar-refractivity contribution in [2.45, 2.75) is 24.6 Å². The number of non-ortho nitro benzene ring substituents is 1. The van der Waals surface area contributed by atoms with Crippen molar-refractivity contribution in [3.05, 3.63) is 39.9 Å². The van der Waals surface area contributed by atoms with Crippen LogP contribution in [0.5, 0.6) is 0 Å². The first-order valence-electron chi connectivity index (χ1n) is 6.35. The summed E-state index contributed by atoms with van der Waals surface area (Å²) in [6.07, 6.45) is -0.947. The number of epoxide rings is 1. The molecule has 0 unspecified atom stereocenters. The van der Waals surface area contributed by atoms with Gasteiger partial charge in [-0.05, 0) is 12.1 Å². The second kappa shape index (κ2) is 5.40. The highest BCUT2D eigenvalue weighted by molar-refractivity contribution is 5.89. The summed E-state index contributed by atoms with van der Waals surface area (Å²) in [5, 5.41) is 10.5. The molecule has 2 heterocycles. The number of fused-ring (bicyclic) bond motifs is 1. The second-order valence-electron chi connectivity index (χ2n) is 4.75. The lowest BCUT2D eigenvalue weighted by Gasteiger charge is -2.16. The third kappa shape index (κ3) is 2.73. The highest BCUT2D eigenvalue weighted by atomic mass is 16.8. The van der Waals surface area contributed by atoms with E-state index in [2.05, 4.69) is 0 Å². The molecular weight excluding hydrogens is 282 g/mol. The Hall–Kier alpha value is -2.03. The molecule has 2 aliphatic rings. The molecule has 0 aliphatic carbocycles. The van der Waals surface area contributed by atoms with Gasteiger partial charge in [-0.1, -0.05) is 0 Å². The number of hydrogen-bond donors (Lipinski definition) is 0. The third-order valence-corrected chi connectivity index (χ3v) is 3.43. The van der Waals surface area contributed by atoms with E-state index in [1.54, 1.807) is 0 Å². The molecule has 1 aromatic rings. The summed E-state index contributed by atoms with van der Waals surface area (Å²) in [7, 11) is 1.52. The number of nitro groups is 1. The Balaban J connectivity index is 1.54. The van der Waals surface area contributed by atoms with Crippen molar-refractivity contribution in [1.82, 2.24) is 0 Å². The van der Waals surface area contributed by atoms with Gasteiger partial charge in [0.15, 0.2) is 6.29 Å². The SMILES string of the molecule is CO[C@@H]1O[C@@H](COC(=O)c2ccc([N+](=O)[O-])cc2)[C@@H]2O[C@H]12. The highest BCUT2D eigenvalue weighted by Gasteiger charge is 2.58. The summed E-state index contributed by atoms with van der Waals surface area (Å²) in [6, 6.07) is 5.21. The van der Waals surface area contributed by atoms with Crippen LogP contribution in [0.25, 0.3) is 0 Å². The minimum Gasteiger partial charge on any atom is -0.459 e. The first-order valence-corrected chi connectivity index (χ1v) is 6.35. The van der Waals surface area contributed by atoms with E-state index >= 15 is 0 Å². The number of carbonyl (C=O) groups is 1. The van der Waals surface area contributed by atoms with Gasteiger partial charge in [-0.2, -0.15) is 0 Å². The Morgan fingerprint density at radius 2 is 2.00 bits per heavy atom. The Labute approximate surface area is 119 Å². The van der Waals surface area contributed by atoms with E-state index in [0.29, 0.717) is 0 Å². The fraction of sp³-hybridized carbons (Fsp3) is 0.462. The van der Waals surface area contributed by atoms with Crippen LogP contribution in [0.2, 0.25) is 0 Å². The van der Waals surface area contributed by atoms with Crippen LogP contribution in [-0.4, -0.2) is 49.2 Å². The molecular formula is C13H13NO7. The zero-order valence-electron chi connectivity index (χ0n) is 11.1. The molecule has 0 amide bonds. The lowest BCUT2D eigenvalue weighted by Crippen LogP contribution is -2.26. The average Bonchev–Trinajstić information content (AvgIpc) is 3.21. The van der Waals surface area contributed by atoms with Gasteiger partial charge in [0.25, 0.3) is 5.69 Å². The number of esters is 1. The van der Waals surface area contributed by atoms with Crippen LogP contribution < -0.4 is 0 Å². The molecule has 2 aliphatic heterocycles. The first-order chi connectivity index (χ1) is 10.1. The van der Waals surface area contributed by atoms with Gasteiger partial charge < -0.3 is 18.9 Å². The highest BCUT2D eigenvalue weighted by Crippen LogP contribution is 2.39. The molecule has 3 rings (SSSR count). The van der Waals surface area contributed by atoms with Gasteiger partial charge in [-0.25, -0.2) is 4.79 Å². The largest absolute Gasteiger partial charge is 0.459 e. The van der Waals surface area contributed by atoms with Crippen molar-refractivity contribution >= 4 is 11.7 Å². The quantitative estimate of drug-likeness (QED) is 0.344. The molecule has 1 aromatic carbocycles. The van der Waals surface area contributed by atoms with Gasteiger partial charge in [0.1, 0.15) is 24.9 Å². The number of rotatable bonds is 5. The zero-order chi connectivity index (χ0) is 15.0. The van der Waals surface area contributed by atoms with Gasteiger partial charge in [-0.3, -0.25) is 10.1 Å². The molecule has 2 saturated heterocycles. The van der Waals surface area contributed by atoms with E-state index in [1.165, 1.54) is 31.4 Å². The fourth-order valence-corrected chi connectivity index (χ4v) is 2.27. The first kappa shape index (κ1) is 13.9. The van der Waals surface area contributed by atoms with Gasteiger partial charge in [0.2, 0.25) is 0 Å². The fourth-order valence-electron chi connectivity index (χ4n) is 2.27. The van der Waals surface area contributed by atoms with Crippen molar-refractivity contribution in [2.75, 3.05) is 13.7 Å². The van der Waals surface area contributed by atoms with Crippen molar-refractivity contribution in [2.24, 2.45) is 0 Å². The molecule has 2 fully saturated rings. The molecule has 112 valence electrons. The molecule has 4 atom stereocenters. The predicted octanol–water partition coefficient (Wildman–Crippen LogP) is 0.890. The number of hydrogen-bond acceptors (Lipinski definition) is 7. The summed E-state index contributed by atoms with van der Waals surface area (Å²) in [5.74, 6) is -0.563. The second-order valence-corrected chi connectivity index (χ2v) is 4.75. The Morgan fingerprint density at radius 1 is 1.29 bits per heavy atom. The minimum absolute atomic E-state index is 0.0524. The normalized spacial score (nSPS) is 29.8. The van der Waals surface area contributed by atoms with Gasteiger partial charge in [0, 0.05) is 19.2 Å². The van der Waals surface area contributed by atoms with Crippen LogP contribution in [0.3, 0.4) is 0 Å². The molecule has 0 saturated carbocycles. The van der Waals surface area contributed by atoms with Crippen LogP contribution in [0.4, 0.5) is 5.69 Å². The van der Waals surface area contributed by atoms with Crippen molar-refractivity contribution in [1.29, 1.82) is 0 Å². The van der Waals surface area contributed by atoms with Crippen LogP contribution in [0.15, 0.2) is 24.3 Å². The van der Waals surface area contributed by atoms with E-state index in [4.69, 9.17) is 18.9 Å². The lowest BCUT2D eigenvalue weighted by molar-refractivity contribution is -0.384. The molecule has 0 spiro atoms. The van der Waals surface area contributed by atoms with Crippen molar-refractivity contribution in [3.8, 4) is 0 Å². The zero-order valence-corrected chi connectivity index (χ0v) is 11.1. The molecule has 0 N–H and O–H groups in total. The number of methoxy groups -OCH3 is 1. The van der Waals surface area contributed by atoms with E-state index < -0.39 is 17.2 Å². The molecule has 0 bridgehead atoms. The number of nitrogens with zero attached hydrogens (tertiary/aromatic N) is 1. The van der Waals surface area contributed by atoms with Crippen LogP contribution in [-0.2, 0) is 18.9 Å². The number of ether oxygens (including phenoxy) is 4. The van der Waals surface area contributed by atoms with Crippen molar-refractivity contribution in [3.63, 3.8) is 0 Å². The van der Waals surface area contributed by atoms with Gasteiger partial charge >= 0.3 is 5.97 Å².